The van der Waals surface area contributed by atoms with E-state index in [4.69, 9.17) is 5.11 Å². The minimum atomic E-state index is 0.00119. The molecule has 0 saturated carbocycles. The molecule has 0 saturated heterocycles. The highest BCUT2D eigenvalue weighted by atomic mass is 16.3. The molecule has 0 aromatic carbocycles. The smallest absolute Gasteiger partial charge is 0.240 e. The number of rotatable bonds is 5. The molecule has 0 spiro atoms. The van der Waals surface area contributed by atoms with E-state index in [9.17, 15) is 4.79 Å². The number of hydrogen-bond donors (Lipinski definition) is 2. The quantitative estimate of drug-likeness (QED) is 0.788. The van der Waals surface area contributed by atoms with Crippen molar-refractivity contribution >= 4 is 5.91 Å². The second kappa shape index (κ2) is 5.70. The number of nitrogens with zero attached hydrogens (tertiary/aromatic N) is 1. The first-order chi connectivity index (χ1) is 7.52. The molecule has 1 amide bonds. The van der Waals surface area contributed by atoms with Gasteiger partial charge < -0.3 is 15.0 Å². The Balaban J connectivity index is 2.45. The summed E-state index contributed by atoms with van der Waals surface area (Å²) in [7, 11) is 0. The lowest BCUT2D eigenvalue weighted by molar-refractivity contribution is -0.122. The van der Waals surface area contributed by atoms with Crippen LogP contribution in [0.3, 0.4) is 0 Å². The summed E-state index contributed by atoms with van der Waals surface area (Å²) in [6.45, 7) is 6.46. The van der Waals surface area contributed by atoms with E-state index in [1.54, 1.807) is 23.0 Å². The van der Waals surface area contributed by atoms with E-state index in [0.717, 1.165) is 5.56 Å². The number of carbonyl (C=O) groups excluding carboxylic acids is 1. The number of carbonyl (C=O) groups is 1. The SMILES string of the molecule is CC(C)C(C)NC(=O)Cn1ccc(CO)c1. The molecule has 1 atom stereocenters. The molecule has 16 heavy (non-hydrogen) atoms. The van der Waals surface area contributed by atoms with Gasteiger partial charge in [0.15, 0.2) is 0 Å². The van der Waals surface area contributed by atoms with E-state index in [-0.39, 0.29) is 18.6 Å². The lowest BCUT2D eigenvalue weighted by Gasteiger charge is -2.17. The summed E-state index contributed by atoms with van der Waals surface area (Å²) in [5.74, 6) is 0.433. The first kappa shape index (κ1) is 12.8. The van der Waals surface area contributed by atoms with Gasteiger partial charge in [-0.1, -0.05) is 13.8 Å². The van der Waals surface area contributed by atoms with Crippen molar-refractivity contribution in [3.8, 4) is 0 Å². The Labute approximate surface area is 96.3 Å². The number of aromatic nitrogens is 1. The number of amides is 1. The zero-order chi connectivity index (χ0) is 12.1. The summed E-state index contributed by atoms with van der Waals surface area (Å²) in [5.41, 5.74) is 0.824. The maximum Gasteiger partial charge on any atom is 0.240 e. The molecule has 1 aromatic heterocycles. The largest absolute Gasteiger partial charge is 0.392 e. The van der Waals surface area contributed by atoms with Crippen LogP contribution in [-0.4, -0.2) is 21.6 Å². The third-order valence-corrected chi connectivity index (χ3v) is 2.71. The zero-order valence-electron chi connectivity index (χ0n) is 10.1. The molecular weight excluding hydrogens is 204 g/mol. The van der Waals surface area contributed by atoms with Crippen LogP contribution in [0.2, 0.25) is 0 Å². The number of nitrogens with one attached hydrogen (secondary N) is 1. The summed E-state index contributed by atoms with van der Waals surface area (Å²) in [6, 6.07) is 1.99. The van der Waals surface area contributed by atoms with Crippen LogP contribution >= 0.6 is 0 Å². The van der Waals surface area contributed by atoms with Crippen LogP contribution < -0.4 is 5.32 Å². The standard InChI is InChI=1S/C12H20N2O2/c1-9(2)10(3)13-12(16)7-14-5-4-11(6-14)8-15/h4-6,9-10,15H,7-8H2,1-3H3,(H,13,16). The molecule has 1 rings (SSSR count). The Bertz CT molecular complexity index is 345. The van der Waals surface area contributed by atoms with Crippen molar-refractivity contribution in [3.63, 3.8) is 0 Å². The average Bonchev–Trinajstić information content (AvgIpc) is 2.65. The molecular formula is C12H20N2O2. The second-order valence-corrected chi connectivity index (χ2v) is 4.45. The zero-order valence-corrected chi connectivity index (χ0v) is 10.1. The van der Waals surface area contributed by atoms with Gasteiger partial charge in [0.1, 0.15) is 6.54 Å². The van der Waals surface area contributed by atoms with Crippen LogP contribution in [0.5, 0.6) is 0 Å². The predicted molar refractivity (Wildman–Crippen MR) is 62.8 cm³/mol. The molecule has 1 aromatic rings. The van der Waals surface area contributed by atoms with Crippen LogP contribution in [0.4, 0.5) is 0 Å². The van der Waals surface area contributed by atoms with Crippen molar-refractivity contribution in [2.45, 2.75) is 40.0 Å². The van der Waals surface area contributed by atoms with E-state index < -0.39 is 0 Å². The van der Waals surface area contributed by atoms with Crippen molar-refractivity contribution in [2.75, 3.05) is 0 Å². The van der Waals surface area contributed by atoms with Gasteiger partial charge in [-0.3, -0.25) is 4.79 Å². The highest BCUT2D eigenvalue weighted by molar-refractivity contribution is 5.76. The van der Waals surface area contributed by atoms with E-state index in [0.29, 0.717) is 12.5 Å². The monoisotopic (exact) mass is 224 g/mol. The molecule has 0 aliphatic rings. The molecule has 0 bridgehead atoms. The molecule has 0 fully saturated rings. The fraction of sp³-hybridized carbons (Fsp3) is 0.583. The lowest BCUT2D eigenvalue weighted by Crippen LogP contribution is -2.37. The van der Waals surface area contributed by atoms with Crippen LogP contribution in [0, 0.1) is 5.92 Å². The first-order valence-electron chi connectivity index (χ1n) is 5.57. The van der Waals surface area contributed by atoms with Crippen LogP contribution in [0.15, 0.2) is 18.5 Å². The van der Waals surface area contributed by atoms with Gasteiger partial charge in [-0.15, -0.1) is 0 Å². The molecule has 1 unspecified atom stereocenters. The number of aliphatic hydroxyl groups excluding tert-OH is 1. The average molecular weight is 224 g/mol. The number of hydrogen-bond acceptors (Lipinski definition) is 2. The van der Waals surface area contributed by atoms with E-state index in [1.807, 2.05) is 6.92 Å². The van der Waals surface area contributed by atoms with Crippen molar-refractivity contribution < 1.29 is 9.90 Å². The summed E-state index contributed by atoms with van der Waals surface area (Å²) < 4.78 is 1.77. The third-order valence-electron chi connectivity index (χ3n) is 2.71. The Morgan fingerprint density at radius 2 is 2.19 bits per heavy atom. The maximum absolute atomic E-state index is 11.6. The van der Waals surface area contributed by atoms with Gasteiger partial charge in [0.25, 0.3) is 0 Å². The Morgan fingerprint density at radius 3 is 2.69 bits per heavy atom. The minimum absolute atomic E-state index is 0.00119. The van der Waals surface area contributed by atoms with Gasteiger partial charge >= 0.3 is 0 Å². The highest BCUT2D eigenvalue weighted by Gasteiger charge is 2.10. The summed E-state index contributed by atoms with van der Waals surface area (Å²) >= 11 is 0. The fourth-order valence-electron chi connectivity index (χ4n) is 1.31. The van der Waals surface area contributed by atoms with Crippen molar-refractivity contribution in [1.82, 2.24) is 9.88 Å². The summed E-state index contributed by atoms with van der Waals surface area (Å²) in [5, 5.41) is 11.8. The Hall–Kier alpha value is -1.29. The van der Waals surface area contributed by atoms with Crippen molar-refractivity contribution in [1.29, 1.82) is 0 Å². The van der Waals surface area contributed by atoms with Crippen LogP contribution in [-0.2, 0) is 17.9 Å². The molecule has 4 nitrogen and oxygen atoms in total. The Morgan fingerprint density at radius 1 is 1.50 bits per heavy atom. The molecule has 0 radical (unpaired) electrons. The van der Waals surface area contributed by atoms with Crippen molar-refractivity contribution in [2.24, 2.45) is 5.92 Å². The second-order valence-electron chi connectivity index (χ2n) is 4.45. The molecule has 0 aliphatic heterocycles. The van der Waals surface area contributed by atoms with E-state index in [2.05, 4.69) is 19.2 Å². The van der Waals surface area contributed by atoms with Crippen LogP contribution in [0.25, 0.3) is 0 Å². The van der Waals surface area contributed by atoms with Crippen molar-refractivity contribution in [3.05, 3.63) is 24.0 Å². The summed E-state index contributed by atoms with van der Waals surface area (Å²) in [6.07, 6.45) is 3.57. The number of aliphatic hydroxyl groups is 1. The van der Waals surface area contributed by atoms with Crippen LogP contribution in [0.1, 0.15) is 26.3 Å². The highest BCUT2D eigenvalue weighted by Crippen LogP contribution is 2.02. The summed E-state index contributed by atoms with van der Waals surface area (Å²) in [4.78, 5) is 11.6. The lowest BCUT2D eigenvalue weighted by atomic mass is 10.1. The third kappa shape index (κ3) is 3.70. The predicted octanol–water partition coefficient (Wildman–Crippen LogP) is 1.14. The molecule has 0 aliphatic carbocycles. The normalized spacial score (nSPS) is 12.8. The van der Waals surface area contributed by atoms with Gasteiger partial charge in [0.2, 0.25) is 5.91 Å². The van der Waals surface area contributed by atoms with Gasteiger partial charge in [-0.05, 0) is 24.5 Å². The molecule has 1 heterocycles. The van der Waals surface area contributed by atoms with Gasteiger partial charge in [0.05, 0.1) is 6.61 Å². The van der Waals surface area contributed by atoms with Gasteiger partial charge in [0, 0.05) is 18.4 Å². The molecule has 2 N–H and O–H groups in total. The first-order valence-corrected chi connectivity index (χ1v) is 5.57. The fourth-order valence-corrected chi connectivity index (χ4v) is 1.31. The molecule has 4 heteroatoms. The van der Waals surface area contributed by atoms with E-state index in [1.165, 1.54) is 0 Å². The van der Waals surface area contributed by atoms with Gasteiger partial charge in [-0.25, -0.2) is 0 Å². The van der Waals surface area contributed by atoms with Gasteiger partial charge in [-0.2, -0.15) is 0 Å². The van der Waals surface area contributed by atoms with E-state index >= 15 is 0 Å². The minimum Gasteiger partial charge on any atom is -0.392 e. The Kier molecular flexibility index (Phi) is 4.55. The topological polar surface area (TPSA) is 54.3 Å². The maximum atomic E-state index is 11.6. The molecule has 90 valence electrons.